The number of nitrogens with one attached hydrogen (secondary N) is 1. The van der Waals surface area contributed by atoms with Crippen LogP contribution in [0, 0.1) is 0 Å². The molecule has 1 amide bonds. The van der Waals surface area contributed by atoms with Crippen LogP contribution in [0.2, 0.25) is 0 Å². The maximum Gasteiger partial charge on any atom is 0.243 e. The first-order valence-corrected chi connectivity index (χ1v) is 12.6. The van der Waals surface area contributed by atoms with Crippen LogP contribution in [-0.4, -0.2) is 82.1 Å². The molecule has 1 aliphatic heterocycles. The molecule has 1 unspecified atom stereocenters. The lowest BCUT2D eigenvalue weighted by Gasteiger charge is -2.35. The van der Waals surface area contributed by atoms with Gasteiger partial charge in [-0.1, -0.05) is 30.3 Å². The molecule has 0 spiro atoms. The summed E-state index contributed by atoms with van der Waals surface area (Å²) < 4.78 is 5.76. The number of rotatable bonds is 9. The van der Waals surface area contributed by atoms with Gasteiger partial charge in [-0.05, 0) is 44.1 Å². The van der Waals surface area contributed by atoms with Gasteiger partial charge in [-0.25, -0.2) is 15.0 Å². The highest BCUT2D eigenvalue weighted by molar-refractivity contribution is 7.99. The van der Waals surface area contributed by atoms with E-state index in [2.05, 4.69) is 54.2 Å². The highest BCUT2D eigenvalue weighted by Crippen LogP contribution is 2.34. The number of hydrogen-bond acceptors (Lipinski definition) is 11. The summed E-state index contributed by atoms with van der Waals surface area (Å²) in [6, 6.07) is 9.65. The minimum absolute atomic E-state index is 0.125. The fraction of sp³-hybridized carbons (Fsp3) is 0.417. The van der Waals surface area contributed by atoms with E-state index < -0.39 is 6.04 Å². The molecule has 4 rings (SSSR count). The normalized spacial score (nSPS) is 14.9. The van der Waals surface area contributed by atoms with Gasteiger partial charge in [0.1, 0.15) is 12.0 Å². The van der Waals surface area contributed by atoms with Gasteiger partial charge in [0.05, 0.1) is 18.8 Å². The van der Waals surface area contributed by atoms with Gasteiger partial charge < -0.3 is 20.3 Å². The number of nitrogens with zero attached hydrogens (tertiary/aromatic N) is 7. The van der Waals surface area contributed by atoms with E-state index in [4.69, 9.17) is 15.5 Å². The van der Waals surface area contributed by atoms with Crippen LogP contribution < -0.4 is 20.7 Å². The van der Waals surface area contributed by atoms with Gasteiger partial charge in [0.15, 0.2) is 10.3 Å². The lowest BCUT2D eigenvalue weighted by molar-refractivity contribution is -0.117. The van der Waals surface area contributed by atoms with Crippen LogP contribution in [0.15, 0.2) is 47.0 Å². The quantitative estimate of drug-likeness (QED) is 0.408. The topological polar surface area (TPSA) is 135 Å². The lowest BCUT2D eigenvalue weighted by Crippen LogP contribution is -2.45. The second-order valence-corrected chi connectivity index (χ2v) is 9.49. The number of likely N-dealkylation sites (N-methyl/N-ethyl adjacent to an activating group) is 1. The van der Waals surface area contributed by atoms with E-state index in [0.29, 0.717) is 16.2 Å². The van der Waals surface area contributed by atoms with Crippen molar-refractivity contribution in [3.05, 3.63) is 47.9 Å². The molecule has 1 atom stereocenters. The fourth-order valence-corrected chi connectivity index (χ4v) is 4.45. The zero-order chi connectivity index (χ0) is 25.5. The van der Waals surface area contributed by atoms with Crippen LogP contribution in [0.4, 0.5) is 11.6 Å². The third-order valence-corrected chi connectivity index (χ3v) is 6.54. The van der Waals surface area contributed by atoms with Crippen molar-refractivity contribution in [2.75, 3.05) is 50.6 Å². The molecule has 1 aliphatic rings. The number of carbonyl (C=O) groups is 1. The van der Waals surface area contributed by atoms with Crippen LogP contribution in [-0.2, 0) is 17.6 Å². The van der Waals surface area contributed by atoms with E-state index in [1.807, 2.05) is 18.2 Å². The van der Waals surface area contributed by atoms with Gasteiger partial charge >= 0.3 is 0 Å². The Morgan fingerprint density at radius 3 is 2.53 bits per heavy atom. The van der Waals surface area contributed by atoms with Crippen LogP contribution in [0.5, 0.6) is 5.88 Å². The Morgan fingerprint density at radius 2 is 1.83 bits per heavy atom. The van der Waals surface area contributed by atoms with Gasteiger partial charge in [-0.2, -0.15) is 9.97 Å². The molecule has 3 heterocycles. The van der Waals surface area contributed by atoms with Gasteiger partial charge in [0.2, 0.25) is 17.7 Å². The van der Waals surface area contributed by atoms with E-state index in [1.54, 1.807) is 14.0 Å². The maximum absolute atomic E-state index is 11.9. The molecule has 0 bridgehead atoms. The van der Waals surface area contributed by atoms with Gasteiger partial charge in [-0.15, -0.1) is 0 Å². The van der Waals surface area contributed by atoms with E-state index in [9.17, 15) is 4.79 Å². The molecular formula is C24H31N9O2S. The van der Waals surface area contributed by atoms with Gasteiger partial charge in [-0.3, -0.25) is 10.1 Å². The van der Waals surface area contributed by atoms with Crippen molar-refractivity contribution in [3.8, 4) is 5.88 Å². The van der Waals surface area contributed by atoms with Crippen molar-refractivity contribution in [3.63, 3.8) is 0 Å². The van der Waals surface area contributed by atoms with Crippen molar-refractivity contribution >= 4 is 29.3 Å². The molecule has 0 radical (unpaired) electrons. The summed E-state index contributed by atoms with van der Waals surface area (Å²) >= 11 is 1.18. The highest BCUT2D eigenvalue weighted by Gasteiger charge is 2.24. The number of aromatic nitrogens is 5. The molecule has 12 heteroatoms. The summed E-state index contributed by atoms with van der Waals surface area (Å²) in [6.45, 7) is 5.25. The molecule has 1 fully saturated rings. The number of aryl methyl sites for hydroxylation is 2. The zero-order valence-corrected chi connectivity index (χ0v) is 21.5. The van der Waals surface area contributed by atoms with Crippen molar-refractivity contribution in [2.24, 2.45) is 5.73 Å². The summed E-state index contributed by atoms with van der Waals surface area (Å²) in [5.74, 6) is 0.273. The third kappa shape index (κ3) is 6.65. The zero-order valence-electron chi connectivity index (χ0n) is 20.7. The first kappa shape index (κ1) is 25.7. The lowest BCUT2D eigenvalue weighted by atomic mass is 10.1. The number of ether oxygens (including phenoxy) is 1. The maximum atomic E-state index is 11.9. The predicted molar refractivity (Wildman–Crippen MR) is 138 cm³/mol. The largest absolute Gasteiger partial charge is 0.479 e. The molecule has 11 nitrogen and oxygen atoms in total. The number of piperazine rings is 1. The van der Waals surface area contributed by atoms with E-state index >= 15 is 0 Å². The Bertz CT molecular complexity index is 1170. The Morgan fingerprint density at radius 1 is 1.08 bits per heavy atom. The van der Waals surface area contributed by atoms with Crippen molar-refractivity contribution in [2.45, 2.75) is 36.1 Å². The molecule has 1 aromatic carbocycles. The summed E-state index contributed by atoms with van der Waals surface area (Å²) in [4.78, 5) is 38.6. The number of hydrogen-bond donors (Lipinski definition) is 2. The van der Waals surface area contributed by atoms with Gasteiger partial charge in [0.25, 0.3) is 0 Å². The summed E-state index contributed by atoms with van der Waals surface area (Å²) in [7, 11) is 3.75. The Balaban J connectivity index is 1.63. The Labute approximate surface area is 214 Å². The van der Waals surface area contributed by atoms with E-state index in [1.165, 1.54) is 23.7 Å². The number of carbonyl (C=O) groups excluding carboxylic acids is 1. The summed E-state index contributed by atoms with van der Waals surface area (Å²) in [6.07, 6.45) is 2.90. The molecule has 3 N–H and O–H groups in total. The van der Waals surface area contributed by atoms with Crippen LogP contribution in [0.1, 0.15) is 18.2 Å². The van der Waals surface area contributed by atoms with Crippen LogP contribution in [0.3, 0.4) is 0 Å². The average molecular weight is 510 g/mol. The number of anilines is 2. The molecule has 36 heavy (non-hydrogen) atoms. The minimum Gasteiger partial charge on any atom is -0.479 e. The highest BCUT2D eigenvalue weighted by atomic mass is 32.2. The Kier molecular flexibility index (Phi) is 8.62. The van der Waals surface area contributed by atoms with E-state index in [-0.39, 0.29) is 11.9 Å². The first-order valence-electron chi connectivity index (χ1n) is 11.8. The monoisotopic (exact) mass is 509 g/mol. The minimum atomic E-state index is -0.681. The third-order valence-electron chi connectivity index (χ3n) is 5.79. The summed E-state index contributed by atoms with van der Waals surface area (Å²) in [5.41, 5.74) is 8.71. The second-order valence-electron chi connectivity index (χ2n) is 8.56. The molecular weight excluding hydrogens is 478 g/mol. The molecule has 3 aromatic rings. The molecule has 0 aliphatic carbocycles. The second kappa shape index (κ2) is 12.1. The van der Waals surface area contributed by atoms with Crippen molar-refractivity contribution in [1.82, 2.24) is 29.8 Å². The number of methoxy groups -OCH3 is 1. The van der Waals surface area contributed by atoms with Crippen LogP contribution >= 0.6 is 11.8 Å². The fourth-order valence-electron chi connectivity index (χ4n) is 3.77. The number of nitrogens with two attached hydrogens (primary N) is 1. The SMILES string of the molecule is COc1nc(Sc2ncnc(NC(=O)C(C)N)n2)nc(CCc2ccccc2)c1N1CCN(C)CC1. The standard InChI is InChI=1S/C24H31N9O2S/c1-16(25)20(34)29-22-26-15-27-23(31-22)36-24-28-18(10-9-17-7-5-4-6-8-17)19(21(30-24)35-3)33-13-11-32(2)12-14-33/h4-8,15-16H,9-14,25H2,1-3H3,(H,26,27,29,31,34). The molecule has 190 valence electrons. The summed E-state index contributed by atoms with van der Waals surface area (Å²) in [5, 5.41) is 3.40. The molecule has 1 saturated heterocycles. The van der Waals surface area contributed by atoms with Crippen LogP contribution in [0.25, 0.3) is 0 Å². The average Bonchev–Trinajstić information content (AvgIpc) is 2.88. The number of amides is 1. The molecule has 2 aromatic heterocycles. The molecule has 0 saturated carbocycles. The van der Waals surface area contributed by atoms with E-state index in [0.717, 1.165) is 50.4 Å². The van der Waals surface area contributed by atoms with Gasteiger partial charge in [0, 0.05) is 26.2 Å². The van der Waals surface area contributed by atoms with Crippen molar-refractivity contribution in [1.29, 1.82) is 0 Å². The van der Waals surface area contributed by atoms with Crippen molar-refractivity contribution < 1.29 is 9.53 Å². The Hall–Kier alpha value is -3.35. The predicted octanol–water partition coefficient (Wildman–Crippen LogP) is 1.64. The smallest absolute Gasteiger partial charge is 0.243 e. The number of benzene rings is 1. The first-order chi connectivity index (χ1) is 17.4.